The number of nitrogens with one attached hydrogen (secondary N) is 1. The molecule has 0 aliphatic carbocycles. The number of aryl methyl sites for hydroxylation is 2. The molecular formula is C14H17NO7S. The van der Waals surface area contributed by atoms with Crippen molar-refractivity contribution in [1.82, 2.24) is 4.72 Å². The van der Waals surface area contributed by atoms with Gasteiger partial charge in [-0.15, -0.1) is 0 Å². The minimum Gasteiger partial charge on any atom is -0.478 e. The fourth-order valence-electron chi connectivity index (χ4n) is 2.31. The first-order valence-electron chi connectivity index (χ1n) is 6.66. The summed E-state index contributed by atoms with van der Waals surface area (Å²) in [6, 6.07) is 2.41. The molecule has 0 saturated heterocycles. The van der Waals surface area contributed by atoms with Crippen LogP contribution in [0.2, 0.25) is 0 Å². The van der Waals surface area contributed by atoms with Gasteiger partial charge in [-0.25, -0.2) is 13.2 Å². The van der Waals surface area contributed by atoms with Crippen molar-refractivity contribution in [2.45, 2.75) is 24.8 Å². The van der Waals surface area contributed by atoms with Crippen LogP contribution in [0.4, 0.5) is 0 Å². The zero-order chi connectivity index (χ0) is 17.2. The number of carbonyl (C=O) groups is 1. The van der Waals surface area contributed by atoms with Gasteiger partial charge in [0.05, 0.1) is 12.9 Å². The summed E-state index contributed by atoms with van der Waals surface area (Å²) in [5.74, 6) is -0.995. The summed E-state index contributed by atoms with van der Waals surface area (Å²) < 4.78 is 43.0. The second-order valence-corrected chi connectivity index (χ2v) is 6.52. The van der Waals surface area contributed by atoms with Crippen molar-refractivity contribution in [2.75, 3.05) is 13.7 Å². The van der Waals surface area contributed by atoms with E-state index in [2.05, 4.69) is 4.72 Å². The second kappa shape index (κ2) is 6.57. The van der Waals surface area contributed by atoms with E-state index in [4.69, 9.17) is 13.6 Å². The van der Waals surface area contributed by atoms with E-state index >= 15 is 0 Å². The molecule has 2 aromatic heterocycles. The van der Waals surface area contributed by atoms with E-state index < -0.39 is 26.9 Å². The van der Waals surface area contributed by atoms with Gasteiger partial charge in [-0.3, -0.25) is 0 Å². The van der Waals surface area contributed by atoms with E-state index in [1.54, 1.807) is 12.1 Å². The first-order valence-corrected chi connectivity index (χ1v) is 8.14. The normalized spacial score (nSPS) is 13.2. The molecule has 1 unspecified atom stereocenters. The van der Waals surface area contributed by atoms with Crippen LogP contribution < -0.4 is 4.72 Å². The van der Waals surface area contributed by atoms with Gasteiger partial charge in [0.15, 0.2) is 0 Å². The summed E-state index contributed by atoms with van der Waals surface area (Å²) >= 11 is 0. The van der Waals surface area contributed by atoms with Crippen LogP contribution in [0.3, 0.4) is 0 Å². The molecule has 0 saturated carbocycles. The molecule has 0 spiro atoms. The van der Waals surface area contributed by atoms with Crippen LogP contribution in [0.25, 0.3) is 0 Å². The van der Waals surface area contributed by atoms with Crippen LogP contribution in [-0.4, -0.2) is 33.2 Å². The van der Waals surface area contributed by atoms with Crippen LogP contribution in [0, 0.1) is 13.8 Å². The van der Waals surface area contributed by atoms with Gasteiger partial charge in [0.1, 0.15) is 33.8 Å². The standard InChI is InChI=1S/C14H17NO7S/c1-8-12(14(16)17)13(9(2)22-8)23(18,19)15-10(7-20-3)11-5-4-6-21-11/h4-6,10,15H,7H2,1-3H3,(H,16,17). The molecule has 0 aliphatic rings. The molecular weight excluding hydrogens is 326 g/mol. The van der Waals surface area contributed by atoms with E-state index in [1.165, 1.54) is 27.2 Å². The minimum atomic E-state index is -4.16. The smallest absolute Gasteiger partial charge is 0.340 e. The Balaban J connectivity index is 2.44. The fraction of sp³-hybridized carbons (Fsp3) is 0.357. The Bertz CT molecular complexity index is 789. The number of ether oxygens (including phenoxy) is 1. The highest BCUT2D eigenvalue weighted by Gasteiger charge is 2.33. The van der Waals surface area contributed by atoms with Gasteiger partial charge >= 0.3 is 5.97 Å². The minimum absolute atomic E-state index is 0.00279. The third-order valence-electron chi connectivity index (χ3n) is 3.21. The lowest BCUT2D eigenvalue weighted by Crippen LogP contribution is -2.32. The van der Waals surface area contributed by atoms with E-state index in [0.29, 0.717) is 5.76 Å². The zero-order valence-corrected chi connectivity index (χ0v) is 13.6. The Kier molecular flexibility index (Phi) is 4.93. The van der Waals surface area contributed by atoms with Crippen molar-refractivity contribution in [3.8, 4) is 0 Å². The first kappa shape index (κ1) is 17.3. The largest absolute Gasteiger partial charge is 0.478 e. The van der Waals surface area contributed by atoms with Crippen molar-refractivity contribution in [2.24, 2.45) is 0 Å². The molecule has 2 aromatic rings. The SMILES string of the molecule is COCC(NS(=O)(=O)c1c(C)oc(C)c1C(=O)O)c1ccco1. The lowest BCUT2D eigenvalue weighted by atomic mass is 10.2. The zero-order valence-electron chi connectivity index (χ0n) is 12.8. The highest BCUT2D eigenvalue weighted by atomic mass is 32.2. The van der Waals surface area contributed by atoms with Crippen LogP contribution in [0.15, 0.2) is 32.1 Å². The molecule has 0 bridgehead atoms. The Labute approximate surface area is 133 Å². The lowest BCUT2D eigenvalue weighted by Gasteiger charge is -2.16. The molecule has 126 valence electrons. The van der Waals surface area contributed by atoms with E-state index in [-0.39, 0.29) is 23.7 Å². The van der Waals surface area contributed by atoms with E-state index in [0.717, 1.165) is 0 Å². The van der Waals surface area contributed by atoms with E-state index in [1.807, 2.05) is 0 Å². The van der Waals surface area contributed by atoms with Crippen LogP contribution >= 0.6 is 0 Å². The summed E-state index contributed by atoms with van der Waals surface area (Å²) in [5.41, 5.74) is -0.384. The number of hydrogen-bond acceptors (Lipinski definition) is 6. The molecule has 0 amide bonds. The van der Waals surface area contributed by atoms with Gasteiger partial charge in [0.25, 0.3) is 0 Å². The van der Waals surface area contributed by atoms with Crippen molar-refractivity contribution in [3.63, 3.8) is 0 Å². The molecule has 9 heteroatoms. The maximum absolute atomic E-state index is 12.6. The molecule has 2 rings (SSSR count). The van der Waals surface area contributed by atoms with Crippen LogP contribution in [-0.2, 0) is 14.8 Å². The Morgan fingerprint density at radius 1 is 1.39 bits per heavy atom. The maximum Gasteiger partial charge on any atom is 0.340 e. The number of carboxylic acid groups (broad SMARTS) is 1. The van der Waals surface area contributed by atoms with Gasteiger partial charge in [-0.2, -0.15) is 4.72 Å². The average molecular weight is 343 g/mol. The van der Waals surface area contributed by atoms with Crippen molar-refractivity contribution >= 4 is 16.0 Å². The third-order valence-corrected chi connectivity index (χ3v) is 4.83. The Hall–Kier alpha value is -2.10. The fourth-order valence-corrected chi connectivity index (χ4v) is 3.91. The number of furan rings is 2. The molecule has 1 atom stereocenters. The molecule has 23 heavy (non-hydrogen) atoms. The molecule has 0 radical (unpaired) electrons. The van der Waals surface area contributed by atoms with Gasteiger partial charge < -0.3 is 18.7 Å². The maximum atomic E-state index is 12.6. The Morgan fingerprint density at radius 2 is 2.09 bits per heavy atom. The topological polar surface area (TPSA) is 119 Å². The van der Waals surface area contributed by atoms with Gasteiger partial charge in [0.2, 0.25) is 10.0 Å². The number of sulfonamides is 1. The molecule has 0 aromatic carbocycles. The summed E-state index contributed by atoms with van der Waals surface area (Å²) in [5, 5.41) is 9.25. The highest BCUT2D eigenvalue weighted by molar-refractivity contribution is 7.89. The second-order valence-electron chi connectivity index (χ2n) is 4.87. The molecule has 2 heterocycles. The monoisotopic (exact) mass is 343 g/mol. The highest BCUT2D eigenvalue weighted by Crippen LogP contribution is 2.28. The lowest BCUT2D eigenvalue weighted by molar-refractivity contribution is 0.0691. The Morgan fingerprint density at radius 3 is 2.61 bits per heavy atom. The molecule has 8 nitrogen and oxygen atoms in total. The number of rotatable bonds is 7. The predicted octanol–water partition coefficient (Wildman–Crippen LogP) is 1.85. The third kappa shape index (κ3) is 3.46. The molecule has 0 fully saturated rings. The number of hydrogen-bond donors (Lipinski definition) is 2. The summed E-state index contributed by atoms with van der Waals surface area (Å²) in [7, 11) is -2.74. The summed E-state index contributed by atoms with van der Waals surface area (Å²) in [6.07, 6.45) is 1.40. The first-order chi connectivity index (χ1) is 10.8. The van der Waals surface area contributed by atoms with E-state index in [9.17, 15) is 18.3 Å². The summed E-state index contributed by atoms with van der Waals surface area (Å²) in [6.45, 7) is 2.81. The van der Waals surface area contributed by atoms with Crippen molar-refractivity contribution in [1.29, 1.82) is 0 Å². The van der Waals surface area contributed by atoms with Crippen LogP contribution in [0.1, 0.15) is 33.7 Å². The number of aromatic carboxylic acids is 1. The summed E-state index contributed by atoms with van der Waals surface area (Å²) in [4.78, 5) is 11.0. The molecule has 2 N–H and O–H groups in total. The number of carboxylic acids is 1. The van der Waals surface area contributed by atoms with Gasteiger partial charge in [-0.1, -0.05) is 0 Å². The van der Waals surface area contributed by atoms with Gasteiger partial charge in [-0.05, 0) is 26.0 Å². The van der Waals surface area contributed by atoms with Crippen LogP contribution in [0.5, 0.6) is 0 Å². The quantitative estimate of drug-likeness (QED) is 0.787. The van der Waals surface area contributed by atoms with Crippen molar-refractivity contribution < 1.29 is 31.9 Å². The molecule has 0 aliphatic heterocycles. The average Bonchev–Trinajstić information content (AvgIpc) is 3.05. The van der Waals surface area contributed by atoms with Crippen molar-refractivity contribution in [3.05, 3.63) is 41.2 Å². The number of methoxy groups -OCH3 is 1. The van der Waals surface area contributed by atoms with Gasteiger partial charge in [0, 0.05) is 7.11 Å². The predicted molar refractivity (Wildman–Crippen MR) is 78.8 cm³/mol.